The van der Waals surface area contributed by atoms with E-state index in [1.54, 1.807) is 0 Å². The maximum atomic E-state index is 12.3. The quantitative estimate of drug-likeness (QED) is 0.746. The van der Waals surface area contributed by atoms with Gasteiger partial charge in [0.15, 0.2) is 0 Å². The zero-order chi connectivity index (χ0) is 14.9. The molecule has 0 saturated heterocycles. The second-order valence-electron chi connectivity index (χ2n) is 5.91. The number of aryl methyl sites for hydroxylation is 1. The molecule has 3 aromatic rings. The highest BCUT2D eigenvalue weighted by atomic mass is 16.1. The largest absolute Gasteiger partial charge is 0.358 e. The van der Waals surface area contributed by atoms with Crippen LogP contribution in [0.15, 0.2) is 54.6 Å². The van der Waals surface area contributed by atoms with Crippen molar-refractivity contribution in [2.45, 2.75) is 25.3 Å². The van der Waals surface area contributed by atoms with E-state index in [0.29, 0.717) is 0 Å². The molecule has 1 amide bonds. The van der Waals surface area contributed by atoms with Gasteiger partial charge in [0.25, 0.3) is 5.91 Å². The van der Waals surface area contributed by atoms with Crippen LogP contribution in [0, 0.1) is 0 Å². The SMILES string of the molecule is O=C(N[C@@H]1CCc2[nH]c3ccccc3c2C1)c1ccccc1. The Kier molecular flexibility index (Phi) is 3.19. The lowest BCUT2D eigenvalue weighted by molar-refractivity contribution is 0.0933. The van der Waals surface area contributed by atoms with E-state index >= 15 is 0 Å². The van der Waals surface area contributed by atoms with Gasteiger partial charge in [0.1, 0.15) is 0 Å². The Labute approximate surface area is 129 Å². The number of H-pyrrole nitrogens is 1. The van der Waals surface area contributed by atoms with E-state index in [1.807, 2.05) is 30.3 Å². The topological polar surface area (TPSA) is 44.9 Å². The molecule has 1 atom stereocenters. The maximum absolute atomic E-state index is 12.3. The van der Waals surface area contributed by atoms with Gasteiger partial charge in [0.05, 0.1) is 0 Å². The molecule has 2 aromatic carbocycles. The molecule has 1 aliphatic carbocycles. The fourth-order valence-electron chi connectivity index (χ4n) is 3.35. The molecule has 3 heteroatoms. The number of carbonyl (C=O) groups is 1. The van der Waals surface area contributed by atoms with Crippen LogP contribution < -0.4 is 5.32 Å². The average molecular weight is 290 g/mol. The molecule has 2 N–H and O–H groups in total. The summed E-state index contributed by atoms with van der Waals surface area (Å²) in [5.74, 6) is 0.0221. The zero-order valence-electron chi connectivity index (χ0n) is 12.3. The van der Waals surface area contributed by atoms with Crippen molar-refractivity contribution >= 4 is 16.8 Å². The van der Waals surface area contributed by atoms with E-state index in [-0.39, 0.29) is 11.9 Å². The fraction of sp³-hybridized carbons (Fsp3) is 0.211. The van der Waals surface area contributed by atoms with E-state index in [4.69, 9.17) is 0 Å². The number of rotatable bonds is 2. The van der Waals surface area contributed by atoms with Crippen molar-refractivity contribution in [2.24, 2.45) is 0 Å². The lowest BCUT2D eigenvalue weighted by atomic mass is 9.91. The molecule has 110 valence electrons. The van der Waals surface area contributed by atoms with Crippen LogP contribution in [0.3, 0.4) is 0 Å². The van der Waals surface area contributed by atoms with Gasteiger partial charge in [-0.15, -0.1) is 0 Å². The minimum Gasteiger partial charge on any atom is -0.358 e. The van der Waals surface area contributed by atoms with Crippen LogP contribution in [0.5, 0.6) is 0 Å². The molecule has 22 heavy (non-hydrogen) atoms. The summed E-state index contributed by atoms with van der Waals surface area (Å²) < 4.78 is 0. The standard InChI is InChI=1S/C19H18N2O/c22-19(13-6-2-1-3-7-13)20-14-10-11-18-16(12-14)15-8-4-5-9-17(15)21-18/h1-9,14,21H,10-12H2,(H,20,22)/t14-/m1/s1. The van der Waals surface area contributed by atoms with Gasteiger partial charge in [-0.1, -0.05) is 36.4 Å². The highest BCUT2D eigenvalue weighted by Gasteiger charge is 2.23. The van der Waals surface area contributed by atoms with Crippen molar-refractivity contribution < 1.29 is 4.79 Å². The summed E-state index contributed by atoms with van der Waals surface area (Å²) in [7, 11) is 0. The monoisotopic (exact) mass is 290 g/mol. The number of amides is 1. The Bertz CT molecular complexity index is 820. The molecule has 0 bridgehead atoms. The maximum Gasteiger partial charge on any atom is 0.251 e. The number of nitrogens with one attached hydrogen (secondary N) is 2. The van der Waals surface area contributed by atoms with Crippen molar-refractivity contribution in [3.8, 4) is 0 Å². The number of aromatic nitrogens is 1. The summed E-state index contributed by atoms with van der Waals surface area (Å²) in [6.45, 7) is 0. The Morgan fingerprint density at radius 1 is 1.05 bits per heavy atom. The first-order valence-electron chi connectivity index (χ1n) is 7.75. The van der Waals surface area contributed by atoms with Gasteiger partial charge in [0.2, 0.25) is 0 Å². The minimum absolute atomic E-state index is 0.0221. The molecular formula is C19H18N2O. The third-order valence-electron chi connectivity index (χ3n) is 4.47. The van der Waals surface area contributed by atoms with Crippen molar-refractivity contribution in [1.29, 1.82) is 0 Å². The number of fused-ring (bicyclic) bond motifs is 3. The highest BCUT2D eigenvalue weighted by Crippen LogP contribution is 2.29. The zero-order valence-corrected chi connectivity index (χ0v) is 12.3. The van der Waals surface area contributed by atoms with E-state index in [0.717, 1.165) is 24.8 Å². The van der Waals surface area contributed by atoms with Crippen LogP contribution in [0.4, 0.5) is 0 Å². The Balaban J connectivity index is 1.56. The van der Waals surface area contributed by atoms with Crippen LogP contribution in [-0.4, -0.2) is 16.9 Å². The van der Waals surface area contributed by atoms with Crippen LogP contribution in [0.2, 0.25) is 0 Å². The molecule has 0 fully saturated rings. The Morgan fingerprint density at radius 3 is 2.68 bits per heavy atom. The van der Waals surface area contributed by atoms with Crippen molar-refractivity contribution in [1.82, 2.24) is 10.3 Å². The number of carbonyl (C=O) groups excluding carboxylic acids is 1. The molecule has 0 unspecified atom stereocenters. The van der Waals surface area contributed by atoms with E-state index in [9.17, 15) is 4.79 Å². The molecule has 0 spiro atoms. The first-order chi connectivity index (χ1) is 10.8. The van der Waals surface area contributed by atoms with Gasteiger partial charge >= 0.3 is 0 Å². The van der Waals surface area contributed by atoms with Gasteiger partial charge in [0, 0.05) is 28.2 Å². The summed E-state index contributed by atoms with van der Waals surface area (Å²) >= 11 is 0. The summed E-state index contributed by atoms with van der Waals surface area (Å²) in [6.07, 6.45) is 2.88. The Hall–Kier alpha value is -2.55. The van der Waals surface area contributed by atoms with Gasteiger partial charge in [-0.05, 0) is 43.0 Å². The van der Waals surface area contributed by atoms with Crippen LogP contribution in [0.25, 0.3) is 10.9 Å². The number of benzene rings is 2. The molecule has 0 saturated carbocycles. The fourth-order valence-corrected chi connectivity index (χ4v) is 3.35. The van der Waals surface area contributed by atoms with Crippen LogP contribution >= 0.6 is 0 Å². The smallest absolute Gasteiger partial charge is 0.251 e. The van der Waals surface area contributed by atoms with Crippen molar-refractivity contribution in [3.05, 3.63) is 71.4 Å². The molecule has 4 rings (SSSR count). The van der Waals surface area contributed by atoms with Gasteiger partial charge < -0.3 is 10.3 Å². The van der Waals surface area contributed by atoms with Crippen molar-refractivity contribution in [3.63, 3.8) is 0 Å². The first kappa shape index (κ1) is 13.1. The number of hydrogen-bond acceptors (Lipinski definition) is 1. The van der Waals surface area contributed by atoms with E-state index in [2.05, 4.69) is 34.6 Å². The number of hydrogen-bond donors (Lipinski definition) is 2. The molecule has 1 heterocycles. The van der Waals surface area contributed by atoms with Gasteiger partial charge in [-0.25, -0.2) is 0 Å². The van der Waals surface area contributed by atoms with Crippen LogP contribution in [-0.2, 0) is 12.8 Å². The molecule has 3 nitrogen and oxygen atoms in total. The minimum atomic E-state index is 0.0221. The first-order valence-corrected chi connectivity index (χ1v) is 7.75. The number of para-hydroxylation sites is 1. The third kappa shape index (κ3) is 2.29. The number of aromatic amines is 1. The summed E-state index contributed by atoms with van der Waals surface area (Å²) in [4.78, 5) is 15.8. The van der Waals surface area contributed by atoms with Crippen LogP contribution in [0.1, 0.15) is 28.0 Å². The molecule has 1 aliphatic rings. The summed E-state index contributed by atoms with van der Waals surface area (Å²) in [5.41, 5.74) is 4.61. The molecular weight excluding hydrogens is 272 g/mol. The summed E-state index contributed by atoms with van der Waals surface area (Å²) in [6, 6.07) is 18.0. The third-order valence-corrected chi connectivity index (χ3v) is 4.47. The Morgan fingerprint density at radius 2 is 1.82 bits per heavy atom. The average Bonchev–Trinajstić information content (AvgIpc) is 2.94. The lowest BCUT2D eigenvalue weighted by Gasteiger charge is -2.23. The van der Waals surface area contributed by atoms with E-state index in [1.165, 1.54) is 22.2 Å². The predicted molar refractivity (Wildman–Crippen MR) is 88.0 cm³/mol. The normalized spacial score (nSPS) is 17.2. The predicted octanol–water partition coefficient (Wildman–Crippen LogP) is 3.46. The molecule has 1 aromatic heterocycles. The lowest BCUT2D eigenvalue weighted by Crippen LogP contribution is -2.38. The second kappa shape index (κ2) is 5.34. The molecule has 0 aliphatic heterocycles. The molecule has 0 radical (unpaired) electrons. The van der Waals surface area contributed by atoms with Gasteiger partial charge in [-0.2, -0.15) is 0 Å². The second-order valence-corrected chi connectivity index (χ2v) is 5.91. The van der Waals surface area contributed by atoms with Crippen molar-refractivity contribution in [2.75, 3.05) is 0 Å². The van der Waals surface area contributed by atoms with Gasteiger partial charge in [-0.3, -0.25) is 4.79 Å². The summed E-state index contributed by atoms with van der Waals surface area (Å²) in [5, 5.41) is 4.47. The van der Waals surface area contributed by atoms with E-state index < -0.39 is 0 Å². The highest BCUT2D eigenvalue weighted by molar-refractivity contribution is 5.94.